The Hall–Kier alpha value is -0.990. The molecule has 2 amide bonds. The summed E-state index contributed by atoms with van der Waals surface area (Å²) in [5.41, 5.74) is -0.683. The van der Waals surface area contributed by atoms with Crippen molar-refractivity contribution >= 4 is 21.9 Å². The van der Waals surface area contributed by atoms with Gasteiger partial charge in [-0.2, -0.15) is 13.5 Å². The van der Waals surface area contributed by atoms with Crippen LogP contribution in [0.5, 0.6) is 0 Å². The maximum Gasteiger partial charge on any atom is 0.279 e. The van der Waals surface area contributed by atoms with E-state index in [0.717, 1.165) is 7.11 Å². The van der Waals surface area contributed by atoms with Crippen LogP contribution in [0, 0.1) is 0 Å². The van der Waals surface area contributed by atoms with Gasteiger partial charge in [-0.1, -0.05) is 13.8 Å². The maximum atomic E-state index is 12.0. The molecule has 1 aliphatic heterocycles. The molecule has 1 fully saturated rings. The van der Waals surface area contributed by atoms with Crippen molar-refractivity contribution in [3.05, 3.63) is 0 Å². The lowest BCUT2D eigenvalue weighted by molar-refractivity contribution is -0.228. The summed E-state index contributed by atoms with van der Waals surface area (Å²) in [7, 11) is -3.12. The summed E-state index contributed by atoms with van der Waals surface area (Å²) in [6.07, 6.45) is 0.725. The molecule has 110 valence electrons. The first-order valence-corrected chi connectivity index (χ1v) is 7.53. The molecule has 0 saturated carbocycles. The first-order chi connectivity index (χ1) is 8.70. The van der Waals surface area contributed by atoms with Crippen LogP contribution < -0.4 is 0 Å². The fourth-order valence-electron chi connectivity index (χ4n) is 1.62. The SMILES string of the molecule is CCC(C)(CC)ON1C(=O)CC(S(=O)(=O)OC)C1=O. The molecule has 7 nitrogen and oxygen atoms in total. The molecule has 0 aromatic heterocycles. The van der Waals surface area contributed by atoms with E-state index in [1.54, 1.807) is 6.92 Å². The van der Waals surface area contributed by atoms with Gasteiger partial charge in [0, 0.05) is 0 Å². The average molecular weight is 293 g/mol. The molecule has 1 rings (SSSR count). The highest BCUT2D eigenvalue weighted by atomic mass is 32.2. The van der Waals surface area contributed by atoms with Crippen LogP contribution in [0.2, 0.25) is 0 Å². The van der Waals surface area contributed by atoms with E-state index >= 15 is 0 Å². The van der Waals surface area contributed by atoms with Gasteiger partial charge in [0.15, 0.2) is 5.25 Å². The second-order valence-corrected chi connectivity index (χ2v) is 6.51. The third kappa shape index (κ3) is 3.13. The molecule has 0 aromatic rings. The standard InChI is InChI=1S/C11H19NO6S/c1-5-11(3,6-2)18-12-9(13)7-8(10(12)14)19(15,16)17-4/h8H,5-7H2,1-4H3. The molecule has 0 spiro atoms. The van der Waals surface area contributed by atoms with Crippen molar-refractivity contribution in [1.82, 2.24) is 5.06 Å². The monoisotopic (exact) mass is 293 g/mol. The lowest BCUT2D eigenvalue weighted by Crippen LogP contribution is -2.42. The number of hydrogen-bond acceptors (Lipinski definition) is 6. The Morgan fingerprint density at radius 3 is 2.26 bits per heavy atom. The minimum Gasteiger partial charge on any atom is -0.273 e. The van der Waals surface area contributed by atoms with Gasteiger partial charge in [-0.05, 0) is 19.8 Å². The van der Waals surface area contributed by atoms with Crippen molar-refractivity contribution in [3.63, 3.8) is 0 Å². The lowest BCUT2D eigenvalue weighted by atomic mass is 10.0. The largest absolute Gasteiger partial charge is 0.279 e. The Morgan fingerprint density at radius 1 is 1.32 bits per heavy atom. The molecular weight excluding hydrogens is 274 g/mol. The van der Waals surface area contributed by atoms with Crippen molar-refractivity contribution in [2.75, 3.05) is 7.11 Å². The number of hydrogen-bond donors (Lipinski definition) is 0. The number of hydroxylamine groups is 2. The van der Waals surface area contributed by atoms with Crippen molar-refractivity contribution in [2.45, 2.75) is 50.9 Å². The van der Waals surface area contributed by atoms with Crippen LogP contribution in [0.15, 0.2) is 0 Å². The third-order valence-corrected chi connectivity index (χ3v) is 4.98. The molecule has 1 saturated heterocycles. The van der Waals surface area contributed by atoms with E-state index in [1.165, 1.54) is 0 Å². The van der Waals surface area contributed by atoms with E-state index < -0.39 is 39.2 Å². The van der Waals surface area contributed by atoms with Gasteiger partial charge in [-0.25, -0.2) is 0 Å². The predicted molar refractivity (Wildman–Crippen MR) is 66.3 cm³/mol. The summed E-state index contributed by atoms with van der Waals surface area (Å²) < 4.78 is 27.3. The molecule has 1 aliphatic rings. The first-order valence-electron chi connectivity index (χ1n) is 6.06. The highest BCUT2D eigenvalue weighted by Crippen LogP contribution is 2.27. The zero-order valence-electron chi connectivity index (χ0n) is 11.5. The van der Waals surface area contributed by atoms with E-state index in [2.05, 4.69) is 4.18 Å². The summed E-state index contributed by atoms with van der Waals surface area (Å²) in [6, 6.07) is 0. The molecule has 1 unspecified atom stereocenters. The van der Waals surface area contributed by atoms with Gasteiger partial charge in [0.05, 0.1) is 19.1 Å². The molecule has 8 heteroatoms. The summed E-state index contributed by atoms with van der Waals surface area (Å²) in [5.74, 6) is -1.55. The fraction of sp³-hybridized carbons (Fsp3) is 0.818. The summed E-state index contributed by atoms with van der Waals surface area (Å²) >= 11 is 0. The lowest BCUT2D eigenvalue weighted by Gasteiger charge is -2.30. The van der Waals surface area contributed by atoms with E-state index in [9.17, 15) is 18.0 Å². The van der Waals surface area contributed by atoms with Crippen molar-refractivity contribution in [3.8, 4) is 0 Å². The van der Waals surface area contributed by atoms with Gasteiger partial charge in [0.25, 0.3) is 21.9 Å². The number of nitrogens with zero attached hydrogens (tertiary/aromatic N) is 1. The zero-order chi connectivity index (χ0) is 14.8. The van der Waals surface area contributed by atoms with E-state index in [0.29, 0.717) is 17.9 Å². The molecule has 1 atom stereocenters. The second-order valence-electron chi connectivity index (χ2n) is 4.63. The van der Waals surface area contributed by atoms with Crippen LogP contribution in [0.25, 0.3) is 0 Å². The molecular formula is C11H19NO6S. The smallest absolute Gasteiger partial charge is 0.273 e. The van der Waals surface area contributed by atoms with Gasteiger partial charge < -0.3 is 0 Å². The quantitative estimate of drug-likeness (QED) is 0.526. The van der Waals surface area contributed by atoms with Gasteiger partial charge in [0.2, 0.25) is 0 Å². The Morgan fingerprint density at radius 2 is 1.84 bits per heavy atom. The normalized spacial score (nSPS) is 21.3. The van der Waals surface area contributed by atoms with Crippen LogP contribution in [-0.2, 0) is 28.7 Å². The van der Waals surface area contributed by atoms with Crippen LogP contribution in [0.3, 0.4) is 0 Å². The number of rotatable bonds is 6. The van der Waals surface area contributed by atoms with E-state index in [-0.39, 0.29) is 0 Å². The van der Waals surface area contributed by atoms with E-state index in [4.69, 9.17) is 4.84 Å². The molecule has 0 aliphatic carbocycles. The van der Waals surface area contributed by atoms with Crippen LogP contribution in [-0.4, -0.2) is 43.3 Å². The Balaban J connectivity index is 2.95. The Labute approximate surface area is 112 Å². The van der Waals surface area contributed by atoms with Crippen LogP contribution in [0.4, 0.5) is 0 Å². The fourth-order valence-corrected chi connectivity index (χ4v) is 2.54. The molecule has 0 bridgehead atoms. The molecule has 0 aromatic carbocycles. The highest BCUT2D eigenvalue weighted by molar-refractivity contribution is 7.88. The number of imide groups is 1. The third-order valence-electron chi connectivity index (χ3n) is 3.45. The minimum absolute atomic E-state index is 0.446. The maximum absolute atomic E-state index is 12.0. The first kappa shape index (κ1) is 16.1. The summed E-state index contributed by atoms with van der Waals surface area (Å²) in [6.45, 7) is 5.47. The molecule has 19 heavy (non-hydrogen) atoms. The summed E-state index contributed by atoms with van der Waals surface area (Å²) in [5, 5.41) is -0.947. The van der Waals surface area contributed by atoms with Gasteiger partial charge in [-0.3, -0.25) is 18.6 Å². The minimum atomic E-state index is -4.07. The number of amides is 2. The van der Waals surface area contributed by atoms with Crippen molar-refractivity contribution in [1.29, 1.82) is 0 Å². The van der Waals surface area contributed by atoms with E-state index in [1.807, 2.05) is 13.8 Å². The molecule has 0 radical (unpaired) electrons. The zero-order valence-corrected chi connectivity index (χ0v) is 12.3. The molecule has 1 heterocycles. The van der Waals surface area contributed by atoms with Crippen LogP contribution >= 0.6 is 0 Å². The van der Waals surface area contributed by atoms with Gasteiger partial charge in [0.1, 0.15) is 0 Å². The second kappa shape index (κ2) is 5.56. The summed E-state index contributed by atoms with van der Waals surface area (Å²) in [4.78, 5) is 29.1. The molecule has 0 N–H and O–H groups in total. The highest BCUT2D eigenvalue weighted by Gasteiger charge is 2.49. The van der Waals surface area contributed by atoms with Crippen LogP contribution in [0.1, 0.15) is 40.0 Å². The number of carbonyl (C=O) groups excluding carboxylic acids is 2. The van der Waals surface area contributed by atoms with Crippen molar-refractivity contribution < 1.29 is 27.0 Å². The number of carbonyl (C=O) groups is 2. The van der Waals surface area contributed by atoms with Gasteiger partial charge in [-0.15, -0.1) is 0 Å². The van der Waals surface area contributed by atoms with Crippen molar-refractivity contribution in [2.24, 2.45) is 0 Å². The topological polar surface area (TPSA) is 90.0 Å². The predicted octanol–water partition coefficient (Wildman–Crippen LogP) is 0.600. The Bertz CT molecular complexity index is 468. The van der Waals surface area contributed by atoms with Gasteiger partial charge >= 0.3 is 0 Å². The Kier molecular flexibility index (Phi) is 4.70. The average Bonchev–Trinajstić information content (AvgIpc) is 2.67.